The Labute approximate surface area is 151 Å². The number of hydrogen-bond donors (Lipinski definition) is 2. The summed E-state index contributed by atoms with van der Waals surface area (Å²) in [4.78, 5) is 28.0. The number of alkyl halides is 3. The van der Waals surface area contributed by atoms with Crippen LogP contribution in [0.15, 0.2) is 48.7 Å². The lowest BCUT2D eigenvalue weighted by Gasteiger charge is -2.34. The van der Waals surface area contributed by atoms with Crippen molar-refractivity contribution in [2.75, 3.05) is 12.4 Å². The van der Waals surface area contributed by atoms with Gasteiger partial charge in [-0.05, 0) is 24.3 Å². The van der Waals surface area contributed by atoms with E-state index in [1.807, 2.05) is 5.32 Å². The van der Waals surface area contributed by atoms with Crippen molar-refractivity contribution >= 4 is 29.3 Å². The zero-order valence-corrected chi connectivity index (χ0v) is 14.1. The molecule has 0 saturated heterocycles. The summed E-state index contributed by atoms with van der Waals surface area (Å²) in [5, 5.41) is 3.77. The highest BCUT2D eigenvalue weighted by Crippen LogP contribution is 2.33. The Morgan fingerprint density at radius 1 is 1.12 bits per heavy atom. The molecule has 1 aromatic heterocycles. The number of benzene rings is 1. The molecule has 0 aliphatic rings. The van der Waals surface area contributed by atoms with Gasteiger partial charge >= 0.3 is 17.8 Å². The normalized spacial score (nSPS) is 13.4. The SMILES string of the molecule is COC(=O)[C@](NC(=O)c1ccccc1)(Nc1ccc(Cl)cn1)C(F)(F)F. The van der Waals surface area contributed by atoms with Crippen LogP contribution in [0.3, 0.4) is 0 Å². The van der Waals surface area contributed by atoms with Crippen molar-refractivity contribution in [2.24, 2.45) is 0 Å². The molecule has 1 atom stereocenters. The highest BCUT2D eigenvalue weighted by atomic mass is 35.5. The largest absolute Gasteiger partial charge is 0.466 e. The summed E-state index contributed by atoms with van der Waals surface area (Å²) in [6.07, 6.45) is -4.16. The van der Waals surface area contributed by atoms with Crippen molar-refractivity contribution in [3.8, 4) is 0 Å². The number of aromatic nitrogens is 1. The molecule has 0 aliphatic carbocycles. The molecule has 0 bridgehead atoms. The van der Waals surface area contributed by atoms with E-state index in [4.69, 9.17) is 11.6 Å². The number of nitrogens with zero attached hydrogens (tertiary/aromatic N) is 1. The number of amides is 1. The number of carbonyl (C=O) groups is 2. The van der Waals surface area contributed by atoms with Crippen LogP contribution in [0.5, 0.6) is 0 Å². The molecule has 0 fully saturated rings. The Balaban J connectivity index is 2.47. The van der Waals surface area contributed by atoms with Crippen LogP contribution in [0.2, 0.25) is 5.02 Å². The fraction of sp³-hybridized carbons (Fsp3) is 0.188. The number of hydrogen-bond acceptors (Lipinski definition) is 5. The van der Waals surface area contributed by atoms with E-state index in [0.717, 1.165) is 19.4 Å². The number of carbonyl (C=O) groups excluding carboxylic acids is 2. The minimum absolute atomic E-state index is 0.0732. The van der Waals surface area contributed by atoms with Crippen LogP contribution < -0.4 is 10.6 Å². The average Bonchev–Trinajstić information content (AvgIpc) is 2.62. The fourth-order valence-electron chi connectivity index (χ4n) is 2.02. The number of rotatable bonds is 5. The Morgan fingerprint density at radius 2 is 1.77 bits per heavy atom. The number of ether oxygens (including phenoxy) is 1. The minimum Gasteiger partial charge on any atom is -0.466 e. The van der Waals surface area contributed by atoms with Gasteiger partial charge in [-0.1, -0.05) is 29.8 Å². The summed E-state index contributed by atoms with van der Waals surface area (Å²) >= 11 is 5.65. The van der Waals surface area contributed by atoms with Crippen molar-refractivity contribution in [3.63, 3.8) is 0 Å². The van der Waals surface area contributed by atoms with Gasteiger partial charge in [0.1, 0.15) is 5.82 Å². The molecule has 1 aromatic carbocycles. The van der Waals surface area contributed by atoms with Crippen LogP contribution in [-0.4, -0.2) is 35.8 Å². The third-order valence-electron chi connectivity index (χ3n) is 3.30. The lowest BCUT2D eigenvalue weighted by Crippen LogP contribution is -2.69. The van der Waals surface area contributed by atoms with Crippen molar-refractivity contribution in [1.82, 2.24) is 10.3 Å². The van der Waals surface area contributed by atoms with Crippen LogP contribution in [-0.2, 0) is 9.53 Å². The highest BCUT2D eigenvalue weighted by molar-refractivity contribution is 6.30. The maximum absolute atomic E-state index is 13.8. The van der Waals surface area contributed by atoms with E-state index < -0.39 is 23.7 Å². The zero-order valence-electron chi connectivity index (χ0n) is 13.3. The first-order valence-corrected chi connectivity index (χ1v) is 7.50. The van der Waals surface area contributed by atoms with Gasteiger partial charge in [-0.15, -0.1) is 0 Å². The molecule has 0 aliphatic heterocycles. The quantitative estimate of drug-likeness (QED) is 0.609. The first kappa shape index (κ1) is 19.5. The average molecular weight is 388 g/mol. The monoisotopic (exact) mass is 387 g/mol. The lowest BCUT2D eigenvalue weighted by atomic mass is 10.1. The van der Waals surface area contributed by atoms with Crippen LogP contribution in [0.1, 0.15) is 10.4 Å². The maximum Gasteiger partial charge on any atom is 0.441 e. The summed E-state index contributed by atoms with van der Waals surface area (Å²) in [5.41, 5.74) is -3.62. The van der Waals surface area contributed by atoms with Crippen LogP contribution in [0.4, 0.5) is 19.0 Å². The molecule has 2 rings (SSSR count). The predicted octanol–water partition coefficient (Wildman–Crippen LogP) is 3.01. The molecular formula is C16H13ClF3N3O3. The molecule has 26 heavy (non-hydrogen) atoms. The number of methoxy groups -OCH3 is 1. The molecule has 0 saturated carbocycles. The van der Waals surface area contributed by atoms with Crippen LogP contribution in [0, 0.1) is 0 Å². The van der Waals surface area contributed by atoms with E-state index in [1.165, 1.54) is 30.3 Å². The standard InChI is InChI=1S/C16H13ClF3N3O3/c1-26-14(25)15(16(18,19)20,22-12-8-7-11(17)9-21-12)23-13(24)10-5-3-2-4-6-10/h2-9H,1H3,(H,21,22)(H,23,24)/t15-/m1/s1. The van der Waals surface area contributed by atoms with Gasteiger partial charge in [-0.2, -0.15) is 13.2 Å². The Kier molecular flexibility index (Phi) is 5.71. The number of anilines is 1. The molecular weight excluding hydrogens is 375 g/mol. The Hall–Kier alpha value is -2.81. The molecule has 0 unspecified atom stereocenters. The van der Waals surface area contributed by atoms with Gasteiger partial charge in [0.05, 0.1) is 12.1 Å². The van der Waals surface area contributed by atoms with Gasteiger partial charge in [0.2, 0.25) is 0 Å². The van der Waals surface area contributed by atoms with Crippen LogP contribution >= 0.6 is 11.6 Å². The van der Waals surface area contributed by atoms with Gasteiger partial charge in [-0.25, -0.2) is 9.78 Å². The number of esters is 1. The fourth-order valence-corrected chi connectivity index (χ4v) is 2.13. The maximum atomic E-state index is 13.8. The van der Waals surface area contributed by atoms with E-state index in [9.17, 15) is 22.8 Å². The summed E-state index contributed by atoms with van der Waals surface area (Å²) in [7, 11) is 0.772. The minimum atomic E-state index is -5.24. The molecule has 0 radical (unpaired) electrons. The summed E-state index contributed by atoms with van der Waals surface area (Å²) < 4.78 is 45.8. The third kappa shape index (κ3) is 4.05. The smallest absolute Gasteiger partial charge is 0.441 e. The molecule has 138 valence electrons. The Bertz CT molecular complexity index is 785. The van der Waals surface area contributed by atoms with Gasteiger partial charge < -0.3 is 15.4 Å². The van der Waals surface area contributed by atoms with Crippen molar-refractivity contribution in [3.05, 3.63) is 59.2 Å². The Morgan fingerprint density at radius 3 is 2.27 bits per heavy atom. The summed E-state index contributed by atoms with van der Waals surface area (Å²) in [6, 6.07) is 9.52. The second-order valence-electron chi connectivity index (χ2n) is 5.05. The lowest BCUT2D eigenvalue weighted by molar-refractivity contribution is -0.203. The summed E-state index contributed by atoms with van der Waals surface area (Å²) in [5.74, 6) is -3.23. The molecule has 1 amide bonds. The third-order valence-corrected chi connectivity index (χ3v) is 3.52. The van der Waals surface area contributed by atoms with Gasteiger partial charge in [0.25, 0.3) is 5.91 Å². The second kappa shape index (κ2) is 7.61. The highest BCUT2D eigenvalue weighted by Gasteiger charge is 2.63. The molecule has 0 spiro atoms. The van der Waals surface area contributed by atoms with Crippen molar-refractivity contribution in [1.29, 1.82) is 0 Å². The van der Waals surface area contributed by atoms with E-state index >= 15 is 0 Å². The van der Waals surface area contributed by atoms with Gasteiger partial charge in [-0.3, -0.25) is 4.79 Å². The van der Waals surface area contributed by atoms with Crippen molar-refractivity contribution < 1.29 is 27.5 Å². The zero-order chi connectivity index (χ0) is 19.4. The van der Waals surface area contributed by atoms with Gasteiger partial charge in [0.15, 0.2) is 0 Å². The number of pyridine rings is 1. The van der Waals surface area contributed by atoms with Gasteiger partial charge in [0, 0.05) is 11.8 Å². The van der Waals surface area contributed by atoms with E-state index in [-0.39, 0.29) is 16.4 Å². The first-order valence-electron chi connectivity index (χ1n) is 7.12. The summed E-state index contributed by atoms with van der Waals surface area (Å²) in [6.45, 7) is 0. The first-order chi connectivity index (χ1) is 12.2. The molecule has 10 heteroatoms. The second-order valence-corrected chi connectivity index (χ2v) is 5.48. The predicted molar refractivity (Wildman–Crippen MR) is 87.6 cm³/mol. The topological polar surface area (TPSA) is 80.3 Å². The number of nitrogens with one attached hydrogen (secondary N) is 2. The van der Waals surface area contributed by atoms with Crippen LogP contribution in [0.25, 0.3) is 0 Å². The molecule has 1 heterocycles. The van der Waals surface area contributed by atoms with E-state index in [2.05, 4.69) is 9.72 Å². The number of halogens is 4. The molecule has 6 nitrogen and oxygen atoms in total. The van der Waals surface area contributed by atoms with E-state index in [0.29, 0.717) is 0 Å². The molecule has 2 aromatic rings. The molecule has 2 N–H and O–H groups in total. The van der Waals surface area contributed by atoms with E-state index in [1.54, 1.807) is 11.4 Å². The van der Waals surface area contributed by atoms with Crippen molar-refractivity contribution in [2.45, 2.75) is 11.8 Å².